The molecule has 0 saturated carbocycles. The second-order valence-electron chi connectivity index (χ2n) is 4.96. The molecule has 21 heavy (non-hydrogen) atoms. The molecule has 0 fully saturated rings. The van der Waals surface area contributed by atoms with Crippen LogP contribution >= 0.6 is 0 Å². The van der Waals surface area contributed by atoms with E-state index in [1.165, 1.54) is 0 Å². The largest absolute Gasteiger partial charge is 0.491 e. The summed E-state index contributed by atoms with van der Waals surface area (Å²) in [5.41, 5.74) is 1.98. The van der Waals surface area contributed by atoms with Crippen LogP contribution in [0.5, 0.6) is 5.75 Å². The van der Waals surface area contributed by atoms with Crippen LogP contribution in [0.25, 0.3) is 0 Å². The summed E-state index contributed by atoms with van der Waals surface area (Å²) in [6, 6.07) is 9.63. The Balaban J connectivity index is 1.70. The van der Waals surface area contributed by atoms with E-state index in [-0.39, 0.29) is 6.61 Å². The third kappa shape index (κ3) is 5.13. The van der Waals surface area contributed by atoms with E-state index < -0.39 is 6.10 Å². The molecule has 112 valence electrons. The van der Waals surface area contributed by atoms with Gasteiger partial charge in [0.05, 0.1) is 5.69 Å². The summed E-state index contributed by atoms with van der Waals surface area (Å²) < 4.78 is 5.60. The number of aliphatic hydroxyl groups excluding tert-OH is 1. The van der Waals surface area contributed by atoms with Gasteiger partial charge in [-0.3, -0.25) is 0 Å². The van der Waals surface area contributed by atoms with Crippen molar-refractivity contribution in [3.63, 3.8) is 0 Å². The van der Waals surface area contributed by atoms with Gasteiger partial charge in [-0.2, -0.15) is 0 Å². The molecule has 0 amide bonds. The van der Waals surface area contributed by atoms with Crippen LogP contribution < -0.4 is 10.1 Å². The Morgan fingerprint density at radius 2 is 2.05 bits per heavy atom. The summed E-state index contributed by atoms with van der Waals surface area (Å²) in [5.74, 6) is 1.56. The minimum absolute atomic E-state index is 0.265. The molecule has 0 aliphatic heterocycles. The quantitative estimate of drug-likeness (QED) is 0.810. The lowest BCUT2D eigenvalue weighted by Crippen LogP contribution is -2.31. The molecule has 2 aromatic rings. The number of hydrogen-bond acceptors (Lipinski definition) is 5. The van der Waals surface area contributed by atoms with E-state index in [4.69, 9.17) is 4.74 Å². The van der Waals surface area contributed by atoms with Gasteiger partial charge in [0.25, 0.3) is 0 Å². The normalized spacial score (nSPS) is 12.1. The number of hydrogen-bond donors (Lipinski definition) is 2. The Morgan fingerprint density at radius 3 is 2.81 bits per heavy atom. The number of para-hydroxylation sites is 1. The fourth-order valence-corrected chi connectivity index (χ4v) is 1.93. The molecule has 1 aromatic carbocycles. The smallest absolute Gasteiger partial charge is 0.125 e. The molecule has 0 spiro atoms. The number of aliphatic hydroxyl groups is 1. The van der Waals surface area contributed by atoms with E-state index in [1.54, 1.807) is 6.20 Å². The Morgan fingerprint density at radius 1 is 1.24 bits per heavy atom. The van der Waals surface area contributed by atoms with Crippen molar-refractivity contribution >= 4 is 0 Å². The molecule has 2 N–H and O–H groups in total. The molecule has 2 rings (SSSR count). The zero-order valence-corrected chi connectivity index (χ0v) is 12.4. The summed E-state index contributed by atoms with van der Waals surface area (Å²) in [4.78, 5) is 8.33. The van der Waals surface area contributed by atoms with Crippen molar-refractivity contribution in [2.45, 2.75) is 26.5 Å². The number of aromatic nitrogens is 2. The SMILES string of the molecule is Cc1nccc(CNCC(O)COc2ccccc2C)n1. The molecule has 1 unspecified atom stereocenters. The Hall–Kier alpha value is -1.98. The molecule has 0 aliphatic carbocycles. The summed E-state index contributed by atoms with van der Waals surface area (Å²) >= 11 is 0. The summed E-state index contributed by atoms with van der Waals surface area (Å²) in [7, 11) is 0. The highest BCUT2D eigenvalue weighted by Crippen LogP contribution is 2.16. The maximum atomic E-state index is 9.91. The predicted octanol–water partition coefficient (Wildman–Crippen LogP) is 1.62. The molecule has 0 aliphatic rings. The Bertz CT molecular complexity index is 575. The maximum Gasteiger partial charge on any atom is 0.125 e. The van der Waals surface area contributed by atoms with Gasteiger partial charge < -0.3 is 15.2 Å². The fourth-order valence-electron chi connectivity index (χ4n) is 1.93. The second-order valence-corrected chi connectivity index (χ2v) is 4.96. The highest BCUT2D eigenvalue weighted by molar-refractivity contribution is 5.31. The molecule has 0 bridgehead atoms. The van der Waals surface area contributed by atoms with Gasteiger partial charge in [0.2, 0.25) is 0 Å². The van der Waals surface area contributed by atoms with E-state index in [9.17, 15) is 5.11 Å². The molecular formula is C16H21N3O2. The first-order valence-electron chi connectivity index (χ1n) is 7.01. The molecular weight excluding hydrogens is 266 g/mol. The van der Waals surface area contributed by atoms with Crippen molar-refractivity contribution in [1.29, 1.82) is 0 Å². The molecule has 1 heterocycles. The monoisotopic (exact) mass is 287 g/mol. The van der Waals surface area contributed by atoms with Crippen molar-refractivity contribution in [2.24, 2.45) is 0 Å². The standard InChI is InChI=1S/C16H21N3O2/c1-12-5-3-4-6-16(12)21-11-15(20)10-17-9-14-7-8-18-13(2)19-14/h3-8,15,17,20H,9-11H2,1-2H3. The third-order valence-electron chi connectivity index (χ3n) is 3.04. The van der Waals surface area contributed by atoms with E-state index in [0.29, 0.717) is 13.1 Å². The Kier molecular flexibility index (Phi) is 5.66. The average Bonchev–Trinajstić information content (AvgIpc) is 2.46. The average molecular weight is 287 g/mol. The van der Waals surface area contributed by atoms with Crippen molar-refractivity contribution in [2.75, 3.05) is 13.2 Å². The predicted molar refractivity (Wildman–Crippen MR) is 81.2 cm³/mol. The number of nitrogens with one attached hydrogen (secondary N) is 1. The highest BCUT2D eigenvalue weighted by Gasteiger charge is 2.06. The molecule has 0 radical (unpaired) electrons. The van der Waals surface area contributed by atoms with E-state index in [0.717, 1.165) is 22.8 Å². The van der Waals surface area contributed by atoms with Crippen LogP contribution in [-0.2, 0) is 6.54 Å². The van der Waals surface area contributed by atoms with Gasteiger partial charge in [-0.05, 0) is 31.5 Å². The van der Waals surface area contributed by atoms with Gasteiger partial charge in [-0.25, -0.2) is 9.97 Å². The van der Waals surface area contributed by atoms with Crippen LogP contribution in [0.4, 0.5) is 0 Å². The summed E-state index contributed by atoms with van der Waals surface area (Å²) in [6.45, 7) is 5.16. The molecule has 5 nitrogen and oxygen atoms in total. The van der Waals surface area contributed by atoms with Gasteiger partial charge in [0.15, 0.2) is 0 Å². The first-order chi connectivity index (χ1) is 10.1. The zero-order valence-electron chi connectivity index (χ0n) is 12.4. The van der Waals surface area contributed by atoms with Gasteiger partial charge in [-0.1, -0.05) is 18.2 Å². The van der Waals surface area contributed by atoms with Crippen LogP contribution in [0.3, 0.4) is 0 Å². The maximum absolute atomic E-state index is 9.91. The van der Waals surface area contributed by atoms with Gasteiger partial charge in [0.1, 0.15) is 24.3 Å². The number of rotatable bonds is 7. The van der Waals surface area contributed by atoms with E-state index in [2.05, 4.69) is 15.3 Å². The van der Waals surface area contributed by atoms with Crippen molar-refractivity contribution < 1.29 is 9.84 Å². The van der Waals surface area contributed by atoms with Crippen LogP contribution in [-0.4, -0.2) is 34.3 Å². The number of nitrogens with zero attached hydrogens (tertiary/aromatic N) is 2. The minimum Gasteiger partial charge on any atom is -0.491 e. The zero-order chi connectivity index (χ0) is 15.1. The lowest BCUT2D eigenvalue weighted by Gasteiger charge is -2.14. The molecule has 0 saturated heterocycles. The number of aryl methyl sites for hydroxylation is 2. The molecule has 1 atom stereocenters. The van der Waals surface area contributed by atoms with Crippen molar-refractivity contribution in [3.05, 3.63) is 53.6 Å². The van der Waals surface area contributed by atoms with E-state index >= 15 is 0 Å². The number of benzene rings is 1. The van der Waals surface area contributed by atoms with Gasteiger partial charge >= 0.3 is 0 Å². The van der Waals surface area contributed by atoms with Crippen LogP contribution in [0.2, 0.25) is 0 Å². The summed E-state index contributed by atoms with van der Waals surface area (Å²) in [5, 5.41) is 13.1. The third-order valence-corrected chi connectivity index (χ3v) is 3.04. The number of ether oxygens (including phenoxy) is 1. The fraction of sp³-hybridized carbons (Fsp3) is 0.375. The van der Waals surface area contributed by atoms with E-state index in [1.807, 2.05) is 44.2 Å². The topological polar surface area (TPSA) is 67.3 Å². The van der Waals surface area contributed by atoms with Gasteiger partial charge in [0, 0.05) is 19.3 Å². The molecule has 5 heteroatoms. The lowest BCUT2D eigenvalue weighted by atomic mass is 10.2. The first kappa shape index (κ1) is 15.4. The molecule has 1 aromatic heterocycles. The van der Waals surface area contributed by atoms with Crippen LogP contribution in [0.1, 0.15) is 17.1 Å². The lowest BCUT2D eigenvalue weighted by molar-refractivity contribution is 0.106. The summed E-state index contributed by atoms with van der Waals surface area (Å²) in [6.07, 6.45) is 1.17. The van der Waals surface area contributed by atoms with Crippen molar-refractivity contribution in [1.82, 2.24) is 15.3 Å². The van der Waals surface area contributed by atoms with Gasteiger partial charge in [-0.15, -0.1) is 0 Å². The van der Waals surface area contributed by atoms with Crippen molar-refractivity contribution in [3.8, 4) is 5.75 Å². The first-order valence-corrected chi connectivity index (χ1v) is 7.01. The second kappa shape index (κ2) is 7.71. The highest BCUT2D eigenvalue weighted by atomic mass is 16.5. The van der Waals surface area contributed by atoms with Crippen LogP contribution in [0.15, 0.2) is 36.5 Å². The minimum atomic E-state index is -0.562. The van der Waals surface area contributed by atoms with Crippen LogP contribution in [0, 0.1) is 13.8 Å². The Labute approximate surface area is 125 Å².